The van der Waals surface area contributed by atoms with Gasteiger partial charge in [-0.2, -0.15) is 0 Å². The molecule has 5 heteroatoms. The van der Waals surface area contributed by atoms with Crippen molar-refractivity contribution in [2.24, 2.45) is 16.8 Å². The molecule has 1 heterocycles. The lowest BCUT2D eigenvalue weighted by Gasteiger charge is -2.22. The molecule has 1 amide bonds. The topological polar surface area (TPSA) is 56.7 Å². The van der Waals surface area contributed by atoms with Crippen molar-refractivity contribution in [1.29, 1.82) is 0 Å². The summed E-state index contributed by atoms with van der Waals surface area (Å²) in [7, 11) is 0. The zero-order chi connectivity index (χ0) is 16.4. The van der Waals surface area contributed by atoms with E-state index < -0.39 is 0 Å². The third kappa shape index (κ3) is 7.14. The number of nitrogens with one attached hydrogen (secondary N) is 2. The standard InChI is InChI=1S/C17H34N4O/c1-5-9-19-16(22)7-10-20-17(18-6-2)21-11-8-15(13-21)12-14(3)4/h14-15H,5-13H2,1-4H3,(H,18,20)(H,19,22). The normalized spacial score (nSPS) is 18.9. The molecule has 5 nitrogen and oxygen atoms in total. The van der Waals surface area contributed by atoms with Gasteiger partial charge >= 0.3 is 0 Å². The van der Waals surface area contributed by atoms with Crippen molar-refractivity contribution in [3.8, 4) is 0 Å². The van der Waals surface area contributed by atoms with Crippen LogP contribution in [0.25, 0.3) is 0 Å². The minimum Gasteiger partial charge on any atom is -0.357 e. The van der Waals surface area contributed by atoms with E-state index in [1.54, 1.807) is 0 Å². The van der Waals surface area contributed by atoms with Gasteiger partial charge in [0, 0.05) is 32.6 Å². The lowest BCUT2D eigenvalue weighted by Crippen LogP contribution is -2.40. The molecule has 1 saturated heterocycles. The monoisotopic (exact) mass is 310 g/mol. The number of nitrogens with zero attached hydrogens (tertiary/aromatic N) is 2. The van der Waals surface area contributed by atoms with Crippen LogP contribution in [-0.4, -0.2) is 49.5 Å². The third-order valence-corrected chi connectivity index (χ3v) is 3.90. The molecule has 1 fully saturated rings. The first-order valence-electron chi connectivity index (χ1n) is 8.86. The minimum absolute atomic E-state index is 0.0977. The molecule has 0 aromatic carbocycles. The van der Waals surface area contributed by atoms with Gasteiger partial charge in [-0.1, -0.05) is 20.8 Å². The summed E-state index contributed by atoms with van der Waals surface area (Å²) >= 11 is 0. The number of carbonyl (C=O) groups excluding carboxylic acids is 1. The molecular weight excluding hydrogens is 276 g/mol. The van der Waals surface area contributed by atoms with Gasteiger partial charge < -0.3 is 15.5 Å². The van der Waals surface area contributed by atoms with Crippen molar-refractivity contribution >= 4 is 11.9 Å². The van der Waals surface area contributed by atoms with Crippen molar-refractivity contribution in [3.05, 3.63) is 0 Å². The van der Waals surface area contributed by atoms with Gasteiger partial charge in [0.25, 0.3) is 0 Å². The maximum Gasteiger partial charge on any atom is 0.221 e. The number of hydrogen-bond donors (Lipinski definition) is 2. The van der Waals surface area contributed by atoms with Gasteiger partial charge in [0.05, 0.1) is 6.54 Å². The average Bonchev–Trinajstić information content (AvgIpc) is 2.91. The van der Waals surface area contributed by atoms with Crippen molar-refractivity contribution in [2.75, 3.05) is 32.7 Å². The van der Waals surface area contributed by atoms with Crippen LogP contribution in [0.3, 0.4) is 0 Å². The molecule has 0 aliphatic carbocycles. The fourth-order valence-corrected chi connectivity index (χ4v) is 2.93. The van der Waals surface area contributed by atoms with E-state index in [1.165, 1.54) is 12.8 Å². The van der Waals surface area contributed by atoms with E-state index in [-0.39, 0.29) is 5.91 Å². The van der Waals surface area contributed by atoms with E-state index >= 15 is 0 Å². The second-order valence-corrected chi connectivity index (χ2v) is 6.57. The molecule has 1 atom stereocenters. The van der Waals surface area contributed by atoms with Crippen molar-refractivity contribution in [2.45, 2.75) is 53.4 Å². The molecule has 128 valence electrons. The Hall–Kier alpha value is -1.26. The number of aliphatic imine (C=N–C) groups is 1. The molecule has 1 aliphatic rings. The Balaban J connectivity index is 2.44. The predicted octanol–water partition coefficient (Wildman–Crippen LogP) is 2.24. The molecule has 1 unspecified atom stereocenters. The summed E-state index contributed by atoms with van der Waals surface area (Å²) in [4.78, 5) is 18.6. The van der Waals surface area contributed by atoms with E-state index in [1.807, 2.05) is 0 Å². The highest BCUT2D eigenvalue weighted by Crippen LogP contribution is 2.23. The van der Waals surface area contributed by atoms with E-state index in [9.17, 15) is 4.79 Å². The van der Waals surface area contributed by atoms with Crippen molar-refractivity contribution < 1.29 is 4.79 Å². The van der Waals surface area contributed by atoms with Gasteiger partial charge in [0.1, 0.15) is 0 Å². The van der Waals surface area contributed by atoms with Crippen LogP contribution < -0.4 is 10.6 Å². The van der Waals surface area contributed by atoms with E-state index in [0.717, 1.165) is 50.4 Å². The second-order valence-electron chi connectivity index (χ2n) is 6.57. The van der Waals surface area contributed by atoms with Crippen molar-refractivity contribution in [3.63, 3.8) is 0 Å². The van der Waals surface area contributed by atoms with Crippen LogP contribution in [0.2, 0.25) is 0 Å². The smallest absolute Gasteiger partial charge is 0.221 e. The van der Waals surface area contributed by atoms with Gasteiger partial charge in [-0.25, -0.2) is 0 Å². The Morgan fingerprint density at radius 3 is 2.73 bits per heavy atom. The fourth-order valence-electron chi connectivity index (χ4n) is 2.93. The molecular formula is C17H34N4O. The quantitative estimate of drug-likeness (QED) is 0.534. The summed E-state index contributed by atoms with van der Waals surface area (Å²) in [6, 6.07) is 0. The summed E-state index contributed by atoms with van der Waals surface area (Å²) in [5.74, 6) is 2.60. The van der Waals surface area contributed by atoms with Gasteiger partial charge in [-0.3, -0.25) is 9.79 Å². The number of hydrogen-bond acceptors (Lipinski definition) is 2. The molecule has 1 aliphatic heterocycles. The zero-order valence-corrected chi connectivity index (χ0v) is 14.8. The Morgan fingerprint density at radius 1 is 1.32 bits per heavy atom. The van der Waals surface area contributed by atoms with E-state index in [4.69, 9.17) is 0 Å². The van der Waals surface area contributed by atoms with E-state index in [2.05, 4.69) is 48.2 Å². The third-order valence-electron chi connectivity index (χ3n) is 3.90. The van der Waals surface area contributed by atoms with Gasteiger partial charge in [0.2, 0.25) is 5.91 Å². The molecule has 1 rings (SSSR count). The molecule has 0 aromatic heterocycles. The maximum atomic E-state index is 11.6. The number of guanidine groups is 1. The number of carbonyl (C=O) groups is 1. The lowest BCUT2D eigenvalue weighted by atomic mass is 9.97. The van der Waals surface area contributed by atoms with Crippen LogP contribution in [0.4, 0.5) is 0 Å². The van der Waals surface area contributed by atoms with Crippen LogP contribution in [0.1, 0.15) is 53.4 Å². The summed E-state index contributed by atoms with van der Waals surface area (Å²) < 4.78 is 0. The Kier molecular flexibility index (Phi) is 8.94. The Bertz CT molecular complexity index is 355. The number of rotatable bonds is 8. The predicted molar refractivity (Wildman–Crippen MR) is 93.0 cm³/mol. The van der Waals surface area contributed by atoms with E-state index in [0.29, 0.717) is 13.0 Å². The minimum atomic E-state index is 0.0977. The molecule has 0 spiro atoms. The van der Waals surface area contributed by atoms with Gasteiger partial charge in [-0.05, 0) is 38.0 Å². The summed E-state index contributed by atoms with van der Waals surface area (Å²) in [6.45, 7) is 13.1. The number of likely N-dealkylation sites (tertiary alicyclic amines) is 1. The number of amides is 1. The maximum absolute atomic E-state index is 11.6. The van der Waals surface area contributed by atoms with Gasteiger partial charge in [0.15, 0.2) is 5.96 Å². The SMILES string of the molecule is CCCNC(=O)CCN=C(NCC)N1CCC(CC(C)C)C1. The molecule has 0 bridgehead atoms. The summed E-state index contributed by atoms with van der Waals surface area (Å²) in [5.41, 5.74) is 0. The fraction of sp³-hybridized carbons (Fsp3) is 0.882. The highest BCUT2D eigenvalue weighted by atomic mass is 16.1. The molecule has 0 saturated carbocycles. The van der Waals surface area contributed by atoms with Crippen LogP contribution in [0.15, 0.2) is 4.99 Å². The van der Waals surface area contributed by atoms with Gasteiger partial charge in [-0.15, -0.1) is 0 Å². The molecule has 2 N–H and O–H groups in total. The summed E-state index contributed by atoms with van der Waals surface area (Å²) in [5, 5.41) is 6.25. The molecule has 22 heavy (non-hydrogen) atoms. The lowest BCUT2D eigenvalue weighted by molar-refractivity contribution is -0.120. The van der Waals surface area contributed by atoms with Crippen molar-refractivity contribution in [1.82, 2.24) is 15.5 Å². The summed E-state index contributed by atoms with van der Waals surface area (Å²) in [6.07, 6.45) is 3.98. The highest BCUT2D eigenvalue weighted by molar-refractivity contribution is 5.81. The largest absolute Gasteiger partial charge is 0.357 e. The van der Waals surface area contributed by atoms with Crippen LogP contribution in [0, 0.1) is 11.8 Å². The first-order valence-corrected chi connectivity index (χ1v) is 8.86. The second kappa shape index (κ2) is 10.5. The zero-order valence-electron chi connectivity index (χ0n) is 14.8. The first kappa shape index (κ1) is 18.8. The Labute approximate surface area is 135 Å². The Morgan fingerprint density at radius 2 is 2.09 bits per heavy atom. The molecule has 0 aromatic rings. The van der Waals surface area contributed by atoms with Crippen LogP contribution in [-0.2, 0) is 4.79 Å². The first-order chi connectivity index (χ1) is 10.6. The molecule has 0 radical (unpaired) electrons. The van der Waals surface area contributed by atoms with Crippen LogP contribution >= 0.6 is 0 Å². The average molecular weight is 310 g/mol. The van der Waals surface area contributed by atoms with Crippen LogP contribution in [0.5, 0.6) is 0 Å². The highest BCUT2D eigenvalue weighted by Gasteiger charge is 2.25.